The number of aromatic nitrogens is 3. The first-order chi connectivity index (χ1) is 17.6. The van der Waals surface area contributed by atoms with Gasteiger partial charge in [-0.15, -0.1) is 10.2 Å². The van der Waals surface area contributed by atoms with Crippen molar-refractivity contribution in [2.45, 2.75) is 25.6 Å². The minimum Gasteiger partial charge on any atom is -0.486 e. The van der Waals surface area contributed by atoms with Gasteiger partial charge in [-0.05, 0) is 74.5 Å². The fourth-order valence-corrected chi connectivity index (χ4v) is 4.57. The van der Waals surface area contributed by atoms with E-state index in [0.29, 0.717) is 16.0 Å². The predicted molar refractivity (Wildman–Crippen MR) is 146 cm³/mol. The normalized spacial score (nSPS) is 10.8. The van der Waals surface area contributed by atoms with E-state index in [0.717, 1.165) is 35.9 Å². The lowest BCUT2D eigenvalue weighted by Gasteiger charge is -2.21. The van der Waals surface area contributed by atoms with Gasteiger partial charge in [-0.3, -0.25) is 9.36 Å². The van der Waals surface area contributed by atoms with Crippen molar-refractivity contribution in [2.24, 2.45) is 0 Å². The molecule has 0 spiro atoms. The molecule has 36 heavy (non-hydrogen) atoms. The highest BCUT2D eigenvalue weighted by Crippen LogP contribution is 2.25. The van der Waals surface area contributed by atoms with Crippen LogP contribution in [0.1, 0.15) is 19.7 Å². The summed E-state index contributed by atoms with van der Waals surface area (Å²) in [5.74, 6) is 1.42. The maximum atomic E-state index is 12.7. The second kappa shape index (κ2) is 12.5. The van der Waals surface area contributed by atoms with Crippen LogP contribution in [-0.4, -0.2) is 39.5 Å². The van der Waals surface area contributed by atoms with Crippen molar-refractivity contribution >= 4 is 40.6 Å². The molecule has 0 saturated heterocycles. The number of ether oxygens (including phenoxy) is 1. The van der Waals surface area contributed by atoms with Crippen molar-refractivity contribution in [1.29, 1.82) is 0 Å². The van der Waals surface area contributed by atoms with Crippen LogP contribution in [-0.2, 0) is 11.4 Å². The van der Waals surface area contributed by atoms with Gasteiger partial charge in [0.2, 0.25) is 5.91 Å². The molecule has 1 N–H and O–H groups in total. The number of halogens is 1. The van der Waals surface area contributed by atoms with Crippen LogP contribution in [0.4, 0.5) is 11.4 Å². The molecule has 0 aliphatic carbocycles. The van der Waals surface area contributed by atoms with Gasteiger partial charge in [0.15, 0.2) is 11.0 Å². The van der Waals surface area contributed by atoms with E-state index in [-0.39, 0.29) is 18.3 Å². The Morgan fingerprint density at radius 3 is 2.33 bits per heavy atom. The molecule has 7 nitrogen and oxygen atoms in total. The molecule has 0 aliphatic heterocycles. The topological polar surface area (TPSA) is 72.3 Å². The lowest BCUT2D eigenvalue weighted by molar-refractivity contribution is -0.113. The van der Waals surface area contributed by atoms with Crippen molar-refractivity contribution in [3.05, 3.63) is 89.7 Å². The molecule has 0 fully saturated rings. The number of amides is 1. The molecule has 4 aromatic rings. The molecule has 0 aliphatic rings. The molecular weight excluding hydrogens is 494 g/mol. The first-order valence-corrected chi connectivity index (χ1v) is 13.1. The monoisotopic (exact) mass is 521 g/mol. The van der Waals surface area contributed by atoms with E-state index in [1.165, 1.54) is 11.8 Å². The third kappa shape index (κ3) is 6.59. The van der Waals surface area contributed by atoms with Gasteiger partial charge in [0.05, 0.1) is 5.75 Å². The van der Waals surface area contributed by atoms with E-state index in [1.54, 1.807) is 0 Å². The number of nitrogens with one attached hydrogen (secondary N) is 1. The molecule has 0 unspecified atom stereocenters. The van der Waals surface area contributed by atoms with Gasteiger partial charge in [0.1, 0.15) is 12.4 Å². The van der Waals surface area contributed by atoms with Crippen LogP contribution < -0.4 is 15.0 Å². The van der Waals surface area contributed by atoms with Crippen molar-refractivity contribution in [3.8, 4) is 11.4 Å². The lowest BCUT2D eigenvalue weighted by atomic mass is 10.2. The van der Waals surface area contributed by atoms with Crippen LogP contribution in [0.3, 0.4) is 0 Å². The predicted octanol–water partition coefficient (Wildman–Crippen LogP) is 6.08. The Morgan fingerprint density at radius 2 is 1.67 bits per heavy atom. The summed E-state index contributed by atoms with van der Waals surface area (Å²) in [7, 11) is 0. The number of hydrogen-bond donors (Lipinski definition) is 1. The van der Waals surface area contributed by atoms with E-state index in [9.17, 15) is 4.79 Å². The van der Waals surface area contributed by atoms with E-state index in [1.807, 2.05) is 83.4 Å². The van der Waals surface area contributed by atoms with Crippen molar-refractivity contribution in [3.63, 3.8) is 0 Å². The number of carbonyl (C=O) groups excluding carboxylic acids is 1. The van der Waals surface area contributed by atoms with Gasteiger partial charge >= 0.3 is 0 Å². The van der Waals surface area contributed by atoms with Crippen LogP contribution in [0.15, 0.2) is 84.0 Å². The van der Waals surface area contributed by atoms with Gasteiger partial charge in [-0.2, -0.15) is 0 Å². The first-order valence-electron chi connectivity index (χ1n) is 11.7. The highest BCUT2D eigenvalue weighted by atomic mass is 35.5. The highest BCUT2D eigenvalue weighted by molar-refractivity contribution is 7.99. The maximum absolute atomic E-state index is 12.7. The molecule has 1 amide bonds. The number of hydrogen-bond acceptors (Lipinski definition) is 6. The standard InChI is InChI=1S/C27H28ClN5O2S/c1-3-32(4-2)22-16-12-21(13-17-22)29-26(34)19-36-27-31-30-25(18-35-24-8-6-5-7-9-24)33(27)23-14-10-20(28)11-15-23/h5-17H,3-4,18-19H2,1-2H3,(H,29,34). The molecule has 186 valence electrons. The molecule has 4 rings (SSSR count). The quantitative estimate of drug-likeness (QED) is 0.241. The Morgan fingerprint density at radius 1 is 0.972 bits per heavy atom. The lowest BCUT2D eigenvalue weighted by Crippen LogP contribution is -2.21. The molecule has 0 radical (unpaired) electrons. The molecule has 0 bridgehead atoms. The minimum absolute atomic E-state index is 0.122. The fourth-order valence-electron chi connectivity index (χ4n) is 3.67. The Hall–Kier alpha value is -3.49. The van der Waals surface area contributed by atoms with E-state index < -0.39 is 0 Å². The Kier molecular flexibility index (Phi) is 8.86. The second-order valence-electron chi connectivity index (χ2n) is 7.87. The van der Waals surface area contributed by atoms with E-state index in [2.05, 4.69) is 34.3 Å². The van der Waals surface area contributed by atoms with Crippen LogP contribution in [0.2, 0.25) is 5.02 Å². The average molecular weight is 522 g/mol. The number of thioether (sulfide) groups is 1. The average Bonchev–Trinajstić information content (AvgIpc) is 3.32. The number of nitrogens with zero attached hydrogens (tertiary/aromatic N) is 4. The minimum atomic E-state index is -0.122. The van der Waals surface area contributed by atoms with E-state index in [4.69, 9.17) is 16.3 Å². The summed E-state index contributed by atoms with van der Waals surface area (Å²) in [4.78, 5) is 14.9. The van der Waals surface area contributed by atoms with Gasteiger partial charge in [-0.25, -0.2) is 0 Å². The van der Waals surface area contributed by atoms with Crippen LogP contribution in [0, 0.1) is 0 Å². The smallest absolute Gasteiger partial charge is 0.234 e. The molecular formula is C27H28ClN5O2S. The van der Waals surface area contributed by atoms with Crippen molar-refractivity contribution in [1.82, 2.24) is 14.8 Å². The number of carbonyl (C=O) groups is 1. The number of anilines is 2. The summed E-state index contributed by atoms with van der Waals surface area (Å²) in [5, 5.41) is 12.8. The molecule has 0 saturated carbocycles. The summed E-state index contributed by atoms with van der Waals surface area (Å²) in [5.41, 5.74) is 2.73. The fraction of sp³-hybridized carbons (Fsp3) is 0.222. The van der Waals surface area contributed by atoms with Gasteiger partial charge < -0.3 is 15.0 Å². The van der Waals surface area contributed by atoms with Crippen LogP contribution in [0.5, 0.6) is 5.75 Å². The Labute approximate surface area is 220 Å². The van der Waals surface area contributed by atoms with Crippen molar-refractivity contribution < 1.29 is 9.53 Å². The summed E-state index contributed by atoms with van der Waals surface area (Å²) < 4.78 is 7.78. The Balaban J connectivity index is 1.45. The zero-order valence-electron chi connectivity index (χ0n) is 20.2. The Bertz CT molecular complexity index is 1260. The van der Waals surface area contributed by atoms with Gasteiger partial charge in [0.25, 0.3) is 0 Å². The summed E-state index contributed by atoms with van der Waals surface area (Å²) in [6.07, 6.45) is 0. The maximum Gasteiger partial charge on any atom is 0.234 e. The van der Waals surface area contributed by atoms with Crippen LogP contribution >= 0.6 is 23.4 Å². The number of rotatable bonds is 11. The first kappa shape index (κ1) is 25.6. The summed E-state index contributed by atoms with van der Waals surface area (Å²) in [6, 6.07) is 24.8. The summed E-state index contributed by atoms with van der Waals surface area (Å²) >= 11 is 7.40. The third-order valence-electron chi connectivity index (χ3n) is 5.51. The van der Waals surface area contributed by atoms with E-state index >= 15 is 0 Å². The molecule has 3 aromatic carbocycles. The van der Waals surface area contributed by atoms with Gasteiger partial charge in [-0.1, -0.05) is 41.6 Å². The summed E-state index contributed by atoms with van der Waals surface area (Å²) in [6.45, 7) is 6.35. The SMILES string of the molecule is CCN(CC)c1ccc(NC(=O)CSc2nnc(COc3ccccc3)n2-c2ccc(Cl)cc2)cc1. The van der Waals surface area contributed by atoms with Crippen molar-refractivity contribution in [2.75, 3.05) is 29.1 Å². The molecule has 1 aromatic heterocycles. The molecule has 1 heterocycles. The highest BCUT2D eigenvalue weighted by Gasteiger charge is 2.17. The third-order valence-corrected chi connectivity index (χ3v) is 6.69. The molecule has 0 atom stereocenters. The van der Waals surface area contributed by atoms with Gasteiger partial charge in [0, 0.05) is 35.2 Å². The zero-order chi connectivity index (χ0) is 25.3. The number of para-hydroxylation sites is 1. The zero-order valence-corrected chi connectivity index (χ0v) is 21.8. The largest absolute Gasteiger partial charge is 0.486 e. The van der Waals surface area contributed by atoms with Crippen LogP contribution in [0.25, 0.3) is 5.69 Å². The molecule has 9 heteroatoms. The number of benzene rings is 3. The second-order valence-corrected chi connectivity index (χ2v) is 9.25.